The number of rotatable bonds is 13. The van der Waals surface area contributed by atoms with Crippen LogP contribution in [0.1, 0.15) is 46.9 Å². The first kappa shape index (κ1) is 26.9. The van der Waals surface area contributed by atoms with Crippen LogP contribution < -0.4 is 37.3 Å². The molecule has 0 radical (unpaired) electrons. The highest BCUT2D eigenvalue weighted by Crippen LogP contribution is 2.23. The molecule has 11 heteroatoms. The van der Waals surface area contributed by atoms with E-state index in [1.54, 1.807) is 31.2 Å². The summed E-state index contributed by atoms with van der Waals surface area (Å²) in [6.07, 6.45) is 1.18. The highest BCUT2D eigenvalue weighted by Gasteiger charge is 2.23. The SMILES string of the molecule is CCOc1c(Nc2ccc(C(=O)N[C@@H](CCCCNC(=O)c3ccc(N)cc3)C(=O)O)cc2)c(=O)c1=O. The van der Waals surface area contributed by atoms with Gasteiger partial charge < -0.3 is 31.5 Å². The Morgan fingerprint density at radius 3 is 2.16 bits per heavy atom. The first-order valence-corrected chi connectivity index (χ1v) is 11.7. The van der Waals surface area contributed by atoms with E-state index in [0.717, 1.165) is 0 Å². The number of carbonyl (C=O) groups is 3. The number of carbonyl (C=O) groups excluding carboxylic acids is 2. The standard InChI is InChI=1S/C26H28N4O7/c1-2-37-23-20(21(31)22(23)32)29-18-12-8-16(9-13-18)25(34)30-19(26(35)36)5-3-4-14-28-24(33)15-6-10-17(27)11-7-15/h6-13,19,29H,2-5,14,27H2,1H3,(H,28,33)(H,30,34)(H,35,36)/t19-/m0/s1. The first-order valence-electron chi connectivity index (χ1n) is 11.7. The predicted octanol–water partition coefficient (Wildman–Crippen LogP) is 1.79. The number of unbranched alkanes of at least 4 members (excludes halogenated alkanes) is 1. The Bertz CT molecular complexity index is 1330. The predicted molar refractivity (Wildman–Crippen MR) is 138 cm³/mol. The van der Waals surface area contributed by atoms with Gasteiger partial charge in [-0.05, 0) is 74.7 Å². The van der Waals surface area contributed by atoms with Gasteiger partial charge in [-0.2, -0.15) is 0 Å². The van der Waals surface area contributed by atoms with Gasteiger partial charge in [0.05, 0.1) is 6.61 Å². The van der Waals surface area contributed by atoms with Gasteiger partial charge >= 0.3 is 5.97 Å². The molecule has 1 atom stereocenters. The third-order valence-corrected chi connectivity index (χ3v) is 5.55. The van der Waals surface area contributed by atoms with Crippen molar-refractivity contribution in [3.05, 3.63) is 80.1 Å². The largest absolute Gasteiger partial charge is 0.488 e. The molecule has 3 aromatic carbocycles. The van der Waals surface area contributed by atoms with Gasteiger partial charge in [-0.15, -0.1) is 0 Å². The van der Waals surface area contributed by atoms with Crippen molar-refractivity contribution in [1.29, 1.82) is 0 Å². The van der Waals surface area contributed by atoms with Crippen LogP contribution in [0.15, 0.2) is 58.1 Å². The minimum absolute atomic E-state index is 0.0246. The van der Waals surface area contributed by atoms with Crippen LogP contribution in [0.5, 0.6) is 5.75 Å². The van der Waals surface area contributed by atoms with Crippen molar-refractivity contribution < 1.29 is 24.2 Å². The van der Waals surface area contributed by atoms with E-state index in [-0.39, 0.29) is 35.9 Å². The van der Waals surface area contributed by atoms with Gasteiger partial charge in [0.2, 0.25) is 0 Å². The molecule has 3 aromatic rings. The molecule has 3 rings (SSSR count). The third kappa shape index (κ3) is 6.94. The van der Waals surface area contributed by atoms with Crippen molar-refractivity contribution in [2.75, 3.05) is 24.2 Å². The van der Waals surface area contributed by atoms with Crippen LogP contribution in [0.4, 0.5) is 17.1 Å². The number of nitrogens with two attached hydrogens (primary N) is 1. The van der Waals surface area contributed by atoms with Crippen LogP contribution in [-0.2, 0) is 4.79 Å². The number of carboxylic acid groups (broad SMARTS) is 1. The average Bonchev–Trinajstić information content (AvgIpc) is 2.89. The van der Waals surface area contributed by atoms with E-state index in [9.17, 15) is 29.1 Å². The number of benzene rings is 2. The Morgan fingerprint density at radius 1 is 0.919 bits per heavy atom. The normalized spacial score (nSPS) is 11.5. The van der Waals surface area contributed by atoms with Crippen LogP contribution in [0.25, 0.3) is 0 Å². The molecule has 0 spiro atoms. The number of nitrogens with one attached hydrogen (secondary N) is 3. The van der Waals surface area contributed by atoms with Gasteiger partial charge in [0, 0.05) is 29.0 Å². The smallest absolute Gasteiger partial charge is 0.326 e. The second-order valence-corrected chi connectivity index (χ2v) is 8.24. The quantitative estimate of drug-likeness (QED) is 0.131. The Labute approximate surface area is 212 Å². The molecule has 0 saturated carbocycles. The molecule has 37 heavy (non-hydrogen) atoms. The lowest BCUT2D eigenvalue weighted by Crippen LogP contribution is -2.40. The Hall–Kier alpha value is -4.67. The first-order chi connectivity index (χ1) is 17.7. The summed E-state index contributed by atoms with van der Waals surface area (Å²) in [6.45, 7) is 2.29. The number of aliphatic carboxylic acids is 1. The van der Waals surface area contributed by atoms with Gasteiger partial charge in [-0.25, -0.2) is 4.79 Å². The van der Waals surface area contributed by atoms with Gasteiger partial charge in [0.1, 0.15) is 11.7 Å². The zero-order chi connectivity index (χ0) is 26.9. The molecule has 0 aliphatic heterocycles. The summed E-state index contributed by atoms with van der Waals surface area (Å²) in [5.74, 6) is -2.01. The van der Waals surface area contributed by atoms with E-state index in [2.05, 4.69) is 16.0 Å². The molecule has 0 heterocycles. The highest BCUT2D eigenvalue weighted by molar-refractivity contribution is 5.97. The summed E-state index contributed by atoms with van der Waals surface area (Å²) in [6, 6.07) is 11.4. The number of ether oxygens (including phenoxy) is 1. The monoisotopic (exact) mass is 508 g/mol. The number of hydrogen-bond donors (Lipinski definition) is 5. The van der Waals surface area contributed by atoms with Crippen molar-refractivity contribution in [2.24, 2.45) is 0 Å². The summed E-state index contributed by atoms with van der Waals surface area (Å²) in [4.78, 5) is 59.6. The molecular formula is C26H28N4O7. The fraction of sp³-hybridized carbons (Fsp3) is 0.269. The summed E-state index contributed by atoms with van der Waals surface area (Å²) in [5, 5.41) is 17.6. The summed E-state index contributed by atoms with van der Waals surface area (Å²) < 4.78 is 5.16. The minimum Gasteiger partial charge on any atom is -0.488 e. The van der Waals surface area contributed by atoms with Gasteiger partial charge in [-0.1, -0.05) is 0 Å². The van der Waals surface area contributed by atoms with E-state index in [4.69, 9.17) is 10.5 Å². The zero-order valence-corrected chi connectivity index (χ0v) is 20.2. The minimum atomic E-state index is -1.17. The highest BCUT2D eigenvalue weighted by atomic mass is 16.5. The van der Waals surface area contributed by atoms with Crippen LogP contribution in [0.3, 0.4) is 0 Å². The fourth-order valence-electron chi connectivity index (χ4n) is 3.53. The molecule has 0 unspecified atom stereocenters. The van der Waals surface area contributed by atoms with Crippen molar-refractivity contribution in [2.45, 2.75) is 32.2 Å². The molecule has 11 nitrogen and oxygen atoms in total. The maximum Gasteiger partial charge on any atom is 0.326 e. The Kier molecular flexibility index (Phi) is 8.98. The van der Waals surface area contributed by atoms with Crippen molar-refractivity contribution in [1.82, 2.24) is 10.6 Å². The van der Waals surface area contributed by atoms with Crippen molar-refractivity contribution in [3.63, 3.8) is 0 Å². The summed E-state index contributed by atoms with van der Waals surface area (Å²) in [5.41, 5.74) is 6.01. The average molecular weight is 509 g/mol. The van der Waals surface area contributed by atoms with E-state index < -0.39 is 28.8 Å². The lowest BCUT2D eigenvalue weighted by atomic mass is 10.1. The molecule has 194 valence electrons. The molecular weight excluding hydrogens is 480 g/mol. The number of amides is 2. The van der Waals surface area contributed by atoms with Gasteiger partial charge in [-0.3, -0.25) is 19.2 Å². The molecule has 0 fully saturated rings. The number of nitrogen functional groups attached to an aromatic ring is 1. The topological polar surface area (TPSA) is 177 Å². The van der Waals surface area contributed by atoms with Crippen LogP contribution in [0, 0.1) is 0 Å². The lowest BCUT2D eigenvalue weighted by molar-refractivity contribution is -0.139. The molecule has 0 aromatic heterocycles. The molecule has 0 bridgehead atoms. The Balaban J connectivity index is 1.47. The van der Waals surface area contributed by atoms with Gasteiger partial charge in [0.25, 0.3) is 22.7 Å². The number of carboxylic acids is 1. The molecule has 6 N–H and O–H groups in total. The van der Waals surface area contributed by atoms with Crippen LogP contribution in [-0.4, -0.2) is 42.1 Å². The lowest BCUT2D eigenvalue weighted by Gasteiger charge is -2.15. The van der Waals surface area contributed by atoms with E-state index in [0.29, 0.717) is 36.3 Å². The molecule has 0 saturated heterocycles. The van der Waals surface area contributed by atoms with Crippen LogP contribution in [0.2, 0.25) is 0 Å². The fourth-order valence-corrected chi connectivity index (χ4v) is 3.53. The summed E-state index contributed by atoms with van der Waals surface area (Å²) in [7, 11) is 0. The second kappa shape index (κ2) is 12.3. The van der Waals surface area contributed by atoms with Crippen molar-refractivity contribution in [3.8, 4) is 5.75 Å². The van der Waals surface area contributed by atoms with Crippen LogP contribution >= 0.6 is 0 Å². The molecule has 2 amide bonds. The molecule has 0 aliphatic carbocycles. The summed E-state index contributed by atoms with van der Waals surface area (Å²) >= 11 is 0. The zero-order valence-electron chi connectivity index (χ0n) is 20.2. The van der Waals surface area contributed by atoms with Crippen molar-refractivity contribution >= 4 is 34.8 Å². The maximum atomic E-state index is 12.6. The van der Waals surface area contributed by atoms with E-state index in [1.165, 1.54) is 24.3 Å². The Morgan fingerprint density at radius 2 is 1.54 bits per heavy atom. The second-order valence-electron chi connectivity index (χ2n) is 8.24. The number of hydrogen-bond acceptors (Lipinski definition) is 8. The maximum absolute atomic E-state index is 12.6. The third-order valence-electron chi connectivity index (χ3n) is 5.55. The van der Waals surface area contributed by atoms with E-state index in [1.807, 2.05) is 0 Å². The number of anilines is 3. The molecule has 0 aliphatic rings. The van der Waals surface area contributed by atoms with E-state index >= 15 is 0 Å². The van der Waals surface area contributed by atoms with Gasteiger partial charge in [0.15, 0.2) is 5.75 Å².